The molecule has 0 spiro atoms. The highest BCUT2D eigenvalue weighted by Gasteiger charge is 2.32. The first kappa shape index (κ1) is 20.6. The maximum absolute atomic E-state index is 13.0. The molecule has 2 aromatic rings. The fourth-order valence-corrected chi connectivity index (χ4v) is 3.17. The number of amides is 3. The van der Waals surface area contributed by atoms with Crippen molar-refractivity contribution in [3.05, 3.63) is 69.4 Å². The number of rotatable bonds is 6. The van der Waals surface area contributed by atoms with Crippen LogP contribution in [0.25, 0.3) is 0 Å². The van der Waals surface area contributed by atoms with Crippen LogP contribution in [0.15, 0.2) is 53.7 Å². The van der Waals surface area contributed by atoms with Crippen LogP contribution >= 0.6 is 0 Å². The second-order valence-electron chi connectivity index (χ2n) is 6.45. The van der Waals surface area contributed by atoms with Gasteiger partial charge in [-0.15, -0.1) is 0 Å². The van der Waals surface area contributed by atoms with Gasteiger partial charge in [0.2, 0.25) is 0 Å². The van der Waals surface area contributed by atoms with Crippen molar-refractivity contribution in [3.8, 4) is 11.5 Å². The van der Waals surface area contributed by atoms with Crippen LogP contribution in [0.1, 0.15) is 18.5 Å². The second-order valence-corrected chi connectivity index (χ2v) is 6.45. The van der Waals surface area contributed by atoms with Gasteiger partial charge in [0.1, 0.15) is 0 Å². The van der Waals surface area contributed by atoms with Crippen molar-refractivity contribution in [1.29, 1.82) is 0 Å². The Kier molecular flexibility index (Phi) is 5.86. The SMILES string of the molecule is COc1ccc([C@H]2NC(=O)NC(C)=C2C(=O)Nc2cccc([N+](=O)[O-])c2)cc1OC. The molecule has 2 aromatic carbocycles. The van der Waals surface area contributed by atoms with Gasteiger partial charge in [0.05, 0.1) is 30.8 Å². The number of non-ortho nitro benzene ring substituents is 1. The lowest BCUT2D eigenvalue weighted by Gasteiger charge is -2.29. The number of ether oxygens (including phenoxy) is 2. The number of nitrogens with zero attached hydrogens (tertiary/aromatic N) is 1. The number of urea groups is 1. The largest absolute Gasteiger partial charge is 0.493 e. The zero-order chi connectivity index (χ0) is 21.8. The highest BCUT2D eigenvalue weighted by molar-refractivity contribution is 6.06. The van der Waals surface area contributed by atoms with Crippen molar-refractivity contribution in [2.45, 2.75) is 13.0 Å². The van der Waals surface area contributed by atoms with Gasteiger partial charge in [-0.05, 0) is 30.7 Å². The van der Waals surface area contributed by atoms with Crippen LogP contribution in [-0.4, -0.2) is 31.1 Å². The lowest BCUT2D eigenvalue weighted by atomic mass is 9.94. The lowest BCUT2D eigenvalue weighted by molar-refractivity contribution is -0.384. The van der Waals surface area contributed by atoms with E-state index in [1.54, 1.807) is 31.2 Å². The highest BCUT2D eigenvalue weighted by atomic mass is 16.6. The van der Waals surface area contributed by atoms with Crippen molar-refractivity contribution in [2.75, 3.05) is 19.5 Å². The predicted molar refractivity (Wildman–Crippen MR) is 108 cm³/mol. The van der Waals surface area contributed by atoms with E-state index in [-0.39, 0.29) is 16.9 Å². The number of carbonyl (C=O) groups is 2. The van der Waals surface area contributed by atoms with Crippen LogP contribution in [0, 0.1) is 10.1 Å². The fraction of sp³-hybridized carbons (Fsp3) is 0.200. The Balaban J connectivity index is 1.97. The Morgan fingerprint density at radius 3 is 2.53 bits per heavy atom. The molecular weight excluding hydrogens is 392 g/mol. The number of hydrogen-bond donors (Lipinski definition) is 3. The summed E-state index contributed by atoms with van der Waals surface area (Å²) in [6.07, 6.45) is 0. The summed E-state index contributed by atoms with van der Waals surface area (Å²) in [5.41, 5.74) is 1.34. The summed E-state index contributed by atoms with van der Waals surface area (Å²) in [6, 6.07) is 9.44. The molecular formula is C20H20N4O6. The Hall–Kier alpha value is -4.08. The van der Waals surface area contributed by atoms with Crippen LogP contribution in [0.2, 0.25) is 0 Å². The quantitative estimate of drug-likeness (QED) is 0.494. The maximum atomic E-state index is 13.0. The summed E-state index contributed by atoms with van der Waals surface area (Å²) in [5, 5.41) is 18.9. The summed E-state index contributed by atoms with van der Waals surface area (Å²) in [7, 11) is 2.99. The minimum atomic E-state index is -0.766. The van der Waals surface area contributed by atoms with Crippen LogP contribution in [0.4, 0.5) is 16.2 Å². The Labute approximate surface area is 172 Å². The molecule has 0 fully saturated rings. The van der Waals surface area contributed by atoms with E-state index in [0.29, 0.717) is 22.8 Å². The first-order valence-corrected chi connectivity index (χ1v) is 8.90. The van der Waals surface area contributed by atoms with Gasteiger partial charge in [-0.2, -0.15) is 0 Å². The zero-order valence-electron chi connectivity index (χ0n) is 16.5. The van der Waals surface area contributed by atoms with Gasteiger partial charge in [0, 0.05) is 23.5 Å². The number of anilines is 1. The van der Waals surface area contributed by atoms with Gasteiger partial charge >= 0.3 is 6.03 Å². The van der Waals surface area contributed by atoms with Crippen molar-refractivity contribution in [2.24, 2.45) is 0 Å². The van der Waals surface area contributed by atoms with E-state index in [2.05, 4.69) is 16.0 Å². The van der Waals surface area contributed by atoms with E-state index in [1.165, 1.54) is 32.4 Å². The molecule has 0 saturated carbocycles. The summed E-state index contributed by atoms with van der Waals surface area (Å²) >= 11 is 0. The lowest BCUT2D eigenvalue weighted by Crippen LogP contribution is -2.46. The molecule has 1 aliphatic rings. The molecule has 30 heavy (non-hydrogen) atoms. The van der Waals surface area contributed by atoms with E-state index >= 15 is 0 Å². The number of methoxy groups -OCH3 is 2. The van der Waals surface area contributed by atoms with Crippen LogP contribution in [0.5, 0.6) is 11.5 Å². The molecule has 1 atom stereocenters. The van der Waals surface area contributed by atoms with E-state index in [9.17, 15) is 19.7 Å². The topological polar surface area (TPSA) is 132 Å². The van der Waals surface area contributed by atoms with E-state index in [0.717, 1.165) is 0 Å². The molecule has 3 rings (SSSR count). The van der Waals surface area contributed by atoms with Crippen molar-refractivity contribution in [1.82, 2.24) is 10.6 Å². The van der Waals surface area contributed by atoms with E-state index < -0.39 is 22.9 Å². The molecule has 0 radical (unpaired) electrons. The number of nitro groups is 1. The molecule has 0 aromatic heterocycles. The molecule has 1 aliphatic heterocycles. The maximum Gasteiger partial charge on any atom is 0.319 e. The fourth-order valence-electron chi connectivity index (χ4n) is 3.17. The van der Waals surface area contributed by atoms with Gasteiger partial charge in [-0.3, -0.25) is 14.9 Å². The van der Waals surface area contributed by atoms with Crippen molar-refractivity contribution in [3.63, 3.8) is 0 Å². The van der Waals surface area contributed by atoms with Gasteiger partial charge in [0.15, 0.2) is 11.5 Å². The molecule has 0 aliphatic carbocycles. The number of allylic oxidation sites excluding steroid dienone is 1. The first-order chi connectivity index (χ1) is 14.3. The highest BCUT2D eigenvalue weighted by Crippen LogP contribution is 2.34. The van der Waals surface area contributed by atoms with Gasteiger partial charge < -0.3 is 25.4 Å². The molecule has 10 nitrogen and oxygen atoms in total. The number of benzene rings is 2. The molecule has 1 heterocycles. The first-order valence-electron chi connectivity index (χ1n) is 8.90. The van der Waals surface area contributed by atoms with Crippen molar-refractivity contribution < 1.29 is 24.0 Å². The summed E-state index contributed by atoms with van der Waals surface area (Å²) in [4.78, 5) is 35.5. The molecule has 0 unspecified atom stereocenters. The number of nitro benzene ring substituents is 1. The Bertz CT molecular complexity index is 1050. The van der Waals surface area contributed by atoms with Gasteiger partial charge in [-0.25, -0.2) is 4.79 Å². The van der Waals surface area contributed by atoms with Crippen LogP contribution < -0.4 is 25.4 Å². The number of carbonyl (C=O) groups excluding carboxylic acids is 2. The van der Waals surface area contributed by atoms with E-state index in [1.807, 2.05) is 0 Å². The third-order valence-corrected chi connectivity index (χ3v) is 4.57. The minimum absolute atomic E-state index is 0.148. The third-order valence-electron chi connectivity index (χ3n) is 4.57. The molecule has 3 amide bonds. The number of nitrogens with one attached hydrogen (secondary N) is 3. The molecule has 156 valence electrons. The Morgan fingerprint density at radius 2 is 1.87 bits per heavy atom. The molecule has 10 heteroatoms. The molecule has 0 saturated heterocycles. The number of hydrogen-bond acceptors (Lipinski definition) is 6. The summed E-state index contributed by atoms with van der Waals surface area (Å²) < 4.78 is 10.5. The summed E-state index contributed by atoms with van der Waals surface area (Å²) in [6.45, 7) is 1.61. The predicted octanol–water partition coefficient (Wildman–Crippen LogP) is 2.88. The average Bonchev–Trinajstić information content (AvgIpc) is 2.72. The van der Waals surface area contributed by atoms with Crippen molar-refractivity contribution >= 4 is 23.3 Å². The monoisotopic (exact) mass is 412 g/mol. The van der Waals surface area contributed by atoms with E-state index in [4.69, 9.17) is 9.47 Å². The molecule has 0 bridgehead atoms. The average molecular weight is 412 g/mol. The Morgan fingerprint density at radius 1 is 1.13 bits per heavy atom. The van der Waals surface area contributed by atoms with Crippen LogP contribution in [0.3, 0.4) is 0 Å². The smallest absolute Gasteiger partial charge is 0.319 e. The van der Waals surface area contributed by atoms with Crippen LogP contribution in [-0.2, 0) is 4.79 Å². The zero-order valence-corrected chi connectivity index (χ0v) is 16.5. The van der Waals surface area contributed by atoms with Gasteiger partial charge in [-0.1, -0.05) is 12.1 Å². The van der Waals surface area contributed by atoms with Gasteiger partial charge in [0.25, 0.3) is 11.6 Å². The second kappa shape index (κ2) is 8.52. The standard InChI is InChI=1S/C20H20N4O6/c1-11-17(19(25)22-13-5-4-6-14(10-13)24(27)28)18(23-20(26)21-11)12-7-8-15(29-2)16(9-12)30-3/h4-10,18H,1-3H3,(H,22,25)(H2,21,23,26)/t18-/m1/s1. The molecule has 3 N–H and O–H groups in total. The summed E-state index contributed by atoms with van der Waals surface area (Å²) in [5.74, 6) is 0.434. The third kappa shape index (κ3) is 4.17. The normalized spacial score (nSPS) is 15.7. The minimum Gasteiger partial charge on any atom is -0.493 e.